The maximum atomic E-state index is 5.34. The predicted molar refractivity (Wildman–Crippen MR) is 58.5 cm³/mol. The lowest BCUT2D eigenvalue weighted by Gasteiger charge is -2.06. The van der Waals surface area contributed by atoms with Gasteiger partial charge in [0.15, 0.2) is 5.82 Å². The molecule has 2 rings (SSSR count). The molecule has 0 amide bonds. The molecule has 7 nitrogen and oxygen atoms in total. The Morgan fingerprint density at radius 3 is 3.00 bits per heavy atom. The van der Waals surface area contributed by atoms with Gasteiger partial charge in [0.1, 0.15) is 0 Å². The van der Waals surface area contributed by atoms with Crippen LogP contribution in [0.25, 0.3) is 0 Å². The zero-order valence-electron chi connectivity index (χ0n) is 9.23. The average Bonchev–Trinajstić information content (AvgIpc) is 3.00. The molecule has 1 heterocycles. The molecule has 0 saturated heterocycles. The number of guanidine groups is 1. The van der Waals surface area contributed by atoms with Crippen LogP contribution in [-0.4, -0.2) is 28.7 Å². The summed E-state index contributed by atoms with van der Waals surface area (Å²) in [7, 11) is 0. The quantitative estimate of drug-likeness (QED) is 0.275. The molecule has 0 atom stereocenters. The summed E-state index contributed by atoms with van der Waals surface area (Å²) in [6, 6.07) is 0.528. The van der Waals surface area contributed by atoms with Gasteiger partial charge >= 0.3 is 0 Å². The molecule has 16 heavy (non-hydrogen) atoms. The molecule has 0 spiro atoms. The lowest BCUT2D eigenvalue weighted by molar-refractivity contribution is 0.376. The number of rotatable bonds is 4. The SMILES string of the molecule is Cc1noc(CCN=C(NN)NC2CC2)n1. The molecule has 1 aliphatic carbocycles. The molecule has 0 radical (unpaired) electrons. The second kappa shape index (κ2) is 4.93. The van der Waals surface area contributed by atoms with Crippen LogP contribution in [0.5, 0.6) is 0 Å². The highest BCUT2D eigenvalue weighted by Crippen LogP contribution is 2.18. The van der Waals surface area contributed by atoms with Crippen LogP contribution in [0.4, 0.5) is 0 Å². The highest BCUT2D eigenvalue weighted by atomic mass is 16.5. The van der Waals surface area contributed by atoms with Gasteiger partial charge in [-0.15, -0.1) is 0 Å². The van der Waals surface area contributed by atoms with Gasteiger partial charge in [-0.3, -0.25) is 10.4 Å². The molecule has 7 heteroatoms. The second-order valence-corrected chi connectivity index (χ2v) is 3.78. The smallest absolute Gasteiger partial charge is 0.228 e. The third kappa shape index (κ3) is 3.20. The minimum absolute atomic E-state index is 0.528. The number of hydrogen-bond donors (Lipinski definition) is 3. The summed E-state index contributed by atoms with van der Waals surface area (Å²) in [6.45, 7) is 2.36. The molecule has 1 aromatic rings. The summed E-state index contributed by atoms with van der Waals surface area (Å²) in [4.78, 5) is 8.36. The van der Waals surface area contributed by atoms with Crippen molar-refractivity contribution >= 4 is 5.96 Å². The van der Waals surface area contributed by atoms with Crippen LogP contribution in [0.1, 0.15) is 24.6 Å². The van der Waals surface area contributed by atoms with E-state index in [1.807, 2.05) is 0 Å². The van der Waals surface area contributed by atoms with Gasteiger partial charge in [0, 0.05) is 12.5 Å². The first-order chi connectivity index (χ1) is 7.78. The summed E-state index contributed by atoms with van der Waals surface area (Å²) < 4.78 is 4.97. The minimum atomic E-state index is 0.528. The van der Waals surface area contributed by atoms with Gasteiger partial charge in [0.25, 0.3) is 0 Å². The van der Waals surface area contributed by atoms with Crippen molar-refractivity contribution in [3.05, 3.63) is 11.7 Å². The average molecular weight is 224 g/mol. The maximum Gasteiger partial charge on any atom is 0.228 e. The fourth-order valence-corrected chi connectivity index (χ4v) is 1.26. The topological polar surface area (TPSA) is 101 Å². The van der Waals surface area contributed by atoms with Crippen LogP contribution in [-0.2, 0) is 6.42 Å². The Morgan fingerprint density at radius 2 is 2.44 bits per heavy atom. The zero-order valence-corrected chi connectivity index (χ0v) is 9.23. The molecule has 1 fully saturated rings. The Bertz CT molecular complexity index is 370. The van der Waals surface area contributed by atoms with E-state index < -0.39 is 0 Å². The van der Waals surface area contributed by atoms with E-state index in [1.54, 1.807) is 6.92 Å². The van der Waals surface area contributed by atoms with Crippen molar-refractivity contribution in [1.82, 2.24) is 20.9 Å². The second-order valence-electron chi connectivity index (χ2n) is 3.78. The highest BCUT2D eigenvalue weighted by molar-refractivity contribution is 5.79. The van der Waals surface area contributed by atoms with E-state index in [9.17, 15) is 0 Å². The summed E-state index contributed by atoms with van der Waals surface area (Å²) in [6.07, 6.45) is 2.99. The Hall–Kier alpha value is -1.63. The molecule has 0 aromatic carbocycles. The highest BCUT2D eigenvalue weighted by Gasteiger charge is 2.21. The maximum absolute atomic E-state index is 5.34. The number of nitrogens with two attached hydrogens (primary N) is 1. The van der Waals surface area contributed by atoms with Crippen molar-refractivity contribution in [2.45, 2.75) is 32.2 Å². The third-order valence-corrected chi connectivity index (χ3v) is 2.22. The van der Waals surface area contributed by atoms with Crippen molar-refractivity contribution in [3.8, 4) is 0 Å². The molecular formula is C9H16N6O. The summed E-state index contributed by atoms with van der Waals surface area (Å²) in [5, 5.41) is 6.88. The van der Waals surface area contributed by atoms with Crippen molar-refractivity contribution in [2.24, 2.45) is 10.8 Å². The number of aryl methyl sites for hydroxylation is 1. The first-order valence-corrected chi connectivity index (χ1v) is 5.34. The van der Waals surface area contributed by atoms with Gasteiger partial charge in [0.2, 0.25) is 11.9 Å². The predicted octanol–water partition coefficient (Wildman–Crippen LogP) is -0.508. The van der Waals surface area contributed by atoms with E-state index in [2.05, 4.69) is 25.9 Å². The van der Waals surface area contributed by atoms with E-state index in [-0.39, 0.29) is 0 Å². The van der Waals surface area contributed by atoms with Crippen molar-refractivity contribution in [1.29, 1.82) is 0 Å². The molecule has 1 aromatic heterocycles. The van der Waals surface area contributed by atoms with Crippen molar-refractivity contribution < 1.29 is 4.52 Å². The standard InChI is InChI=1S/C9H16N6O/c1-6-12-8(16-15-6)4-5-11-9(14-10)13-7-2-3-7/h7H,2-5,10H2,1H3,(H2,11,13,14). The number of aromatic nitrogens is 2. The zero-order chi connectivity index (χ0) is 11.4. The fraction of sp³-hybridized carbons (Fsp3) is 0.667. The van der Waals surface area contributed by atoms with Crippen molar-refractivity contribution in [2.75, 3.05) is 6.54 Å². The van der Waals surface area contributed by atoms with Gasteiger partial charge < -0.3 is 9.84 Å². The third-order valence-electron chi connectivity index (χ3n) is 2.22. The number of hydrazine groups is 1. The van der Waals surface area contributed by atoms with Crippen LogP contribution in [0.15, 0.2) is 9.52 Å². The van der Waals surface area contributed by atoms with Crippen LogP contribution < -0.4 is 16.6 Å². The molecule has 4 N–H and O–H groups in total. The molecule has 0 bridgehead atoms. The number of aliphatic imine (C=N–C) groups is 1. The Kier molecular flexibility index (Phi) is 3.35. The first-order valence-electron chi connectivity index (χ1n) is 5.34. The molecule has 0 aliphatic heterocycles. The van der Waals surface area contributed by atoms with Crippen LogP contribution in [0.3, 0.4) is 0 Å². The van der Waals surface area contributed by atoms with E-state index in [0.29, 0.717) is 36.7 Å². The van der Waals surface area contributed by atoms with Gasteiger partial charge in [-0.2, -0.15) is 4.98 Å². The summed E-state index contributed by atoms with van der Waals surface area (Å²) in [5.74, 6) is 7.21. The Morgan fingerprint density at radius 1 is 1.62 bits per heavy atom. The molecular weight excluding hydrogens is 208 g/mol. The Labute approximate surface area is 93.5 Å². The van der Waals surface area contributed by atoms with Crippen molar-refractivity contribution in [3.63, 3.8) is 0 Å². The molecule has 0 unspecified atom stereocenters. The summed E-state index contributed by atoms with van der Waals surface area (Å²) >= 11 is 0. The molecule has 1 saturated carbocycles. The van der Waals surface area contributed by atoms with E-state index in [1.165, 1.54) is 12.8 Å². The summed E-state index contributed by atoms with van der Waals surface area (Å²) in [5.41, 5.74) is 2.54. The monoisotopic (exact) mass is 224 g/mol. The lowest BCUT2D eigenvalue weighted by atomic mass is 10.4. The van der Waals surface area contributed by atoms with E-state index in [0.717, 1.165) is 0 Å². The van der Waals surface area contributed by atoms with Crippen LogP contribution in [0, 0.1) is 6.92 Å². The van der Waals surface area contributed by atoms with Gasteiger partial charge in [-0.25, -0.2) is 5.84 Å². The number of nitrogens with one attached hydrogen (secondary N) is 2. The number of hydrogen-bond acceptors (Lipinski definition) is 5. The van der Waals surface area contributed by atoms with E-state index >= 15 is 0 Å². The van der Waals surface area contributed by atoms with Gasteiger partial charge in [-0.1, -0.05) is 5.16 Å². The fourth-order valence-electron chi connectivity index (χ4n) is 1.26. The molecule has 88 valence electrons. The molecule has 1 aliphatic rings. The Balaban J connectivity index is 1.77. The van der Waals surface area contributed by atoms with E-state index in [4.69, 9.17) is 10.4 Å². The number of nitrogens with zero attached hydrogens (tertiary/aromatic N) is 3. The van der Waals surface area contributed by atoms with Crippen LogP contribution in [0.2, 0.25) is 0 Å². The van der Waals surface area contributed by atoms with Gasteiger partial charge in [0.05, 0.1) is 6.54 Å². The lowest BCUT2D eigenvalue weighted by Crippen LogP contribution is -2.42. The van der Waals surface area contributed by atoms with Gasteiger partial charge in [-0.05, 0) is 19.8 Å². The normalized spacial score (nSPS) is 16.2. The van der Waals surface area contributed by atoms with Crippen LogP contribution >= 0.6 is 0 Å². The first kappa shape index (κ1) is 10.9. The largest absolute Gasteiger partial charge is 0.353 e. The minimum Gasteiger partial charge on any atom is -0.353 e.